The molecule has 3 nitrogen and oxygen atoms in total. The molecule has 0 aliphatic heterocycles. The lowest BCUT2D eigenvalue weighted by atomic mass is 10.0. The molecule has 1 aromatic carbocycles. The second kappa shape index (κ2) is 4.05. The number of benzene rings is 1. The third-order valence-corrected chi connectivity index (χ3v) is 1.82. The lowest BCUT2D eigenvalue weighted by Crippen LogP contribution is -2.07. The van der Waals surface area contributed by atoms with Gasteiger partial charge in [-0.15, -0.1) is 0 Å². The van der Waals surface area contributed by atoms with E-state index in [9.17, 15) is 9.90 Å². The first-order valence-electron chi connectivity index (χ1n) is 4.02. The number of hydrogen-bond donors (Lipinski definition) is 1. The van der Waals surface area contributed by atoms with Crippen molar-refractivity contribution < 1.29 is 14.6 Å². The maximum atomic E-state index is 11.2. The largest absolute Gasteiger partial charge is 0.465 e. The average molecular weight is 180 g/mol. The Balaban J connectivity index is 3.12. The lowest BCUT2D eigenvalue weighted by molar-refractivity contribution is 0.0594. The Bertz CT molecular complexity index is 305. The first-order valence-corrected chi connectivity index (χ1v) is 4.02. The van der Waals surface area contributed by atoms with Crippen LogP contribution in [0, 0.1) is 0 Å². The number of carbonyl (C=O) groups excluding carboxylic acids is 1. The zero-order valence-corrected chi connectivity index (χ0v) is 7.65. The van der Waals surface area contributed by atoms with E-state index in [-0.39, 0.29) is 0 Å². The van der Waals surface area contributed by atoms with Crippen molar-refractivity contribution in [3.63, 3.8) is 0 Å². The van der Waals surface area contributed by atoms with Crippen LogP contribution in [-0.2, 0) is 4.74 Å². The van der Waals surface area contributed by atoms with Gasteiger partial charge in [-0.1, -0.05) is 18.2 Å². The van der Waals surface area contributed by atoms with Gasteiger partial charge in [0.15, 0.2) is 0 Å². The highest BCUT2D eigenvalue weighted by atomic mass is 16.5. The molecule has 0 saturated carbocycles. The van der Waals surface area contributed by atoms with Crippen LogP contribution in [0.1, 0.15) is 28.9 Å². The van der Waals surface area contributed by atoms with Gasteiger partial charge in [0.05, 0.1) is 18.8 Å². The number of rotatable bonds is 2. The third-order valence-electron chi connectivity index (χ3n) is 1.82. The van der Waals surface area contributed by atoms with Crippen molar-refractivity contribution in [2.24, 2.45) is 0 Å². The van der Waals surface area contributed by atoms with Crippen molar-refractivity contribution in [3.05, 3.63) is 35.4 Å². The summed E-state index contributed by atoms with van der Waals surface area (Å²) in [4.78, 5) is 11.2. The zero-order chi connectivity index (χ0) is 9.84. The van der Waals surface area contributed by atoms with Gasteiger partial charge in [0.25, 0.3) is 0 Å². The molecule has 1 rings (SSSR count). The maximum Gasteiger partial charge on any atom is 0.338 e. The van der Waals surface area contributed by atoms with Gasteiger partial charge in [-0.05, 0) is 18.6 Å². The van der Waals surface area contributed by atoms with E-state index in [1.54, 1.807) is 31.2 Å². The Morgan fingerprint density at radius 3 is 2.62 bits per heavy atom. The summed E-state index contributed by atoms with van der Waals surface area (Å²) in [5, 5.41) is 9.34. The molecule has 0 heterocycles. The molecule has 0 amide bonds. The molecule has 0 aromatic heterocycles. The molecule has 0 bridgehead atoms. The van der Waals surface area contributed by atoms with E-state index in [0.717, 1.165) is 0 Å². The first kappa shape index (κ1) is 9.74. The van der Waals surface area contributed by atoms with Crippen LogP contribution in [0.2, 0.25) is 0 Å². The number of esters is 1. The number of aliphatic hydroxyl groups is 1. The number of ether oxygens (including phenoxy) is 1. The number of methoxy groups -OCH3 is 1. The number of carbonyl (C=O) groups is 1. The van der Waals surface area contributed by atoms with Gasteiger partial charge < -0.3 is 9.84 Å². The van der Waals surface area contributed by atoms with Crippen LogP contribution in [0.4, 0.5) is 0 Å². The van der Waals surface area contributed by atoms with Crippen LogP contribution in [0.15, 0.2) is 24.3 Å². The topological polar surface area (TPSA) is 46.5 Å². The fourth-order valence-electron chi connectivity index (χ4n) is 1.16. The minimum Gasteiger partial charge on any atom is -0.465 e. The molecule has 1 atom stereocenters. The summed E-state index contributed by atoms with van der Waals surface area (Å²) in [5.41, 5.74) is 1.01. The Labute approximate surface area is 77.0 Å². The van der Waals surface area contributed by atoms with Crippen LogP contribution < -0.4 is 0 Å². The van der Waals surface area contributed by atoms with Gasteiger partial charge in [-0.3, -0.25) is 0 Å². The van der Waals surface area contributed by atoms with E-state index in [0.29, 0.717) is 11.1 Å². The van der Waals surface area contributed by atoms with Crippen molar-refractivity contribution in [3.8, 4) is 0 Å². The molecule has 1 aromatic rings. The van der Waals surface area contributed by atoms with Crippen LogP contribution in [0.5, 0.6) is 0 Å². The Morgan fingerprint density at radius 2 is 2.08 bits per heavy atom. The summed E-state index contributed by atoms with van der Waals surface area (Å²) < 4.78 is 4.58. The third kappa shape index (κ3) is 2.06. The number of aliphatic hydroxyl groups excluding tert-OH is 1. The highest BCUT2D eigenvalue weighted by Crippen LogP contribution is 2.17. The molecule has 0 fully saturated rings. The van der Waals surface area contributed by atoms with Crippen molar-refractivity contribution in [1.82, 2.24) is 0 Å². The highest BCUT2D eigenvalue weighted by molar-refractivity contribution is 5.91. The second-order valence-corrected chi connectivity index (χ2v) is 2.75. The Morgan fingerprint density at radius 1 is 1.46 bits per heavy atom. The predicted octanol–water partition coefficient (Wildman–Crippen LogP) is 1.53. The zero-order valence-electron chi connectivity index (χ0n) is 7.65. The predicted molar refractivity (Wildman–Crippen MR) is 48.4 cm³/mol. The van der Waals surface area contributed by atoms with Crippen LogP contribution in [0.3, 0.4) is 0 Å². The molecule has 0 radical (unpaired) electrons. The summed E-state index contributed by atoms with van der Waals surface area (Å²) in [7, 11) is 1.32. The molecule has 0 unspecified atom stereocenters. The summed E-state index contributed by atoms with van der Waals surface area (Å²) in [6.45, 7) is 1.61. The molecule has 0 saturated heterocycles. The molecule has 1 N–H and O–H groups in total. The van der Waals surface area contributed by atoms with Gasteiger partial charge in [0.1, 0.15) is 0 Å². The van der Waals surface area contributed by atoms with Crippen LogP contribution >= 0.6 is 0 Å². The van der Waals surface area contributed by atoms with Crippen molar-refractivity contribution in [2.45, 2.75) is 13.0 Å². The highest BCUT2D eigenvalue weighted by Gasteiger charge is 2.13. The van der Waals surface area contributed by atoms with Crippen molar-refractivity contribution >= 4 is 5.97 Å². The first-order chi connectivity index (χ1) is 6.16. The molecular formula is C10H12O3. The van der Waals surface area contributed by atoms with Gasteiger partial charge in [0.2, 0.25) is 0 Å². The molecule has 0 aliphatic carbocycles. The van der Waals surface area contributed by atoms with E-state index in [1.807, 2.05) is 0 Å². The van der Waals surface area contributed by atoms with E-state index < -0.39 is 12.1 Å². The van der Waals surface area contributed by atoms with Crippen LogP contribution in [0.25, 0.3) is 0 Å². The van der Waals surface area contributed by atoms with Gasteiger partial charge in [-0.25, -0.2) is 4.79 Å². The van der Waals surface area contributed by atoms with Gasteiger partial charge in [-0.2, -0.15) is 0 Å². The fraction of sp³-hybridized carbons (Fsp3) is 0.300. The monoisotopic (exact) mass is 180 g/mol. The molecule has 0 spiro atoms. The minimum absolute atomic E-state index is 0.417. The normalized spacial score (nSPS) is 12.2. The fourth-order valence-corrected chi connectivity index (χ4v) is 1.16. The SMILES string of the molecule is COC(=O)c1ccccc1[C@@H](C)O. The van der Waals surface area contributed by atoms with E-state index in [4.69, 9.17) is 0 Å². The van der Waals surface area contributed by atoms with Gasteiger partial charge in [0, 0.05) is 0 Å². The van der Waals surface area contributed by atoms with Gasteiger partial charge >= 0.3 is 5.97 Å². The van der Waals surface area contributed by atoms with E-state index >= 15 is 0 Å². The summed E-state index contributed by atoms with van der Waals surface area (Å²) in [6, 6.07) is 6.84. The quantitative estimate of drug-likeness (QED) is 0.702. The lowest BCUT2D eigenvalue weighted by Gasteiger charge is -2.09. The maximum absolute atomic E-state index is 11.2. The standard InChI is InChI=1S/C10H12O3/c1-7(11)8-5-3-4-6-9(8)10(12)13-2/h3-7,11H,1-2H3/t7-/m1/s1. The van der Waals surface area contributed by atoms with Crippen LogP contribution in [-0.4, -0.2) is 18.2 Å². The van der Waals surface area contributed by atoms with Crippen molar-refractivity contribution in [2.75, 3.05) is 7.11 Å². The summed E-state index contributed by atoms with van der Waals surface area (Å²) in [6.07, 6.45) is -0.657. The molecule has 13 heavy (non-hydrogen) atoms. The smallest absolute Gasteiger partial charge is 0.338 e. The molecular weight excluding hydrogens is 168 g/mol. The van der Waals surface area contributed by atoms with E-state index in [2.05, 4.69) is 4.74 Å². The molecule has 3 heteroatoms. The molecule has 70 valence electrons. The second-order valence-electron chi connectivity index (χ2n) is 2.75. The summed E-state index contributed by atoms with van der Waals surface area (Å²) in [5.74, 6) is -0.420. The summed E-state index contributed by atoms with van der Waals surface area (Å²) >= 11 is 0. The Kier molecular flexibility index (Phi) is 3.03. The number of hydrogen-bond acceptors (Lipinski definition) is 3. The minimum atomic E-state index is -0.657. The Hall–Kier alpha value is -1.35. The van der Waals surface area contributed by atoms with Crippen molar-refractivity contribution in [1.29, 1.82) is 0 Å². The molecule has 0 aliphatic rings. The van der Waals surface area contributed by atoms with E-state index in [1.165, 1.54) is 7.11 Å². The average Bonchev–Trinajstić information content (AvgIpc) is 2.16.